The first-order valence-corrected chi connectivity index (χ1v) is 6.23. The number of halogens is 2. The zero-order valence-electron chi connectivity index (χ0n) is 9.09. The highest BCUT2D eigenvalue weighted by molar-refractivity contribution is 7.12. The van der Waals surface area contributed by atoms with E-state index in [4.69, 9.17) is 11.6 Å². The molecule has 2 N–H and O–H groups in total. The summed E-state index contributed by atoms with van der Waals surface area (Å²) in [6.45, 7) is 4.52. The Balaban J connectivity index is 0.00000225. The number of carbonyl (C=O) groups is 1. The summed E-state index contributed by atoms with van der Waals surface area (Å²) >= 11 is 7.19. The fourth-order valence-corrected chi connectivity index (χ4v) is 2.16. The van der Waals surface area contributed by atoms with Crippen LogP contribution in [-0.2, 0) is 0 Å². The number of carbonyl (C=O) groups excluding carboxylic acids is 1. The standard InChI is InChI=1S/C10H15ClN2OS.ClH/c1-2-4-12-5-6-13-10(14)9-8(11)3-7-15-9;/h3,7,12H,2,4-6H2,1H3,(H,13,14);1H. The first kappa shape index (κ1) is 15.7. The first-order chi connectivity index (χ1) is 7.25. The minimum atomic E-state index is -0.0895. The van der Waals surface area contributed by atoms with Crippen LogP contribution in [0.4, 0.5) is 0 Å². The molecule has 1 aromatic rings. The third-order valence-electron chi connectivity index (χ3n) is 1.84. The van der Waals surface area contributed by atoms with Gasteiger partial charge >= 0.3 is 0 Å². The van der Waals surface area contributed by atoms with E-state index in [2.05, 4.69) is 17.6 Å². The molecule has 92 valence electrons. The predicted molar refractivity (Wildman–Crippen MR) is 72.1 cm³/mol. The number of nitrogens with one attached hydrogen (secondary N) is 2. The van der Waals surface area contributed by atoms with Gasteiger partial charge in [0.25, 0.3) is 5.91 Å². The SMILES string of the molecule is CCCNCCNC(=O)c1sccc1Cl.Cl. The molecule has 3 nitrogen and oxygen atoms in total. The maximum absolute atomic E-state index is 11.5. The molecule has 0 aliphatic heterocycles. The number of thiophene rings is 1. The fourth-order valence-electron chi connectivity index (χ4n) is 1.10. The van der Waals surface area contributed by atoms with Gasteiger partial charge in [0.05, 0.1) is 5.02 Å². The van der Waals surface area contributed by atoms with Crippen LogP contribution in [0.3, 0.4) is 0 Å². The molecule has 6 heteroatoms. The van der Waals surface area contributed by atoms with Crippen LogP contribution >= 0.6 is 35.3 Å². The second-order valence-corrected chi connectivity index (χ2v) is 4.43. The van der Waals surface area contributed by atoms with Crippen molar-refractivity contribution in [3.63, 3.8) is 0 Å². The third kappa shape index (κ3) is 5.16. The van der Waals surface area contributed by atoms with Gasteiger partial charge in [0, 0.05) is 13.1 Å². The monoisotopic (exact) mass is 282 g/mol. The summed E-state index contributed by atoms with van der Waals surface area (Å²) in [5.74, 6) is -0.0895. The number of hydrogen-bond donors (Lipinski definition) is 2. The van der Waals surface area contributed by atoms with Crippen LogP contribution in [0, 0.1) is 0 Å². The van der Waals surface area contributed by atoms with Gasteiger partial charge in [-0.25, -0.2) is 0 Å². The van der Waals surface area contributed by atoms with E-state index in [0.717, 1.165) is 19.5 Å². The summed E-state index contributed by atoms with van der Waals surface area (Å²) < 4.78 is 0. The Morgan fingerprint density at radius 1 is 1.44 bits per heavy atom. The normalized spacial score (nSPS) is 9.62. The van der Waals surface area contributed by atoms with Gasteiger partial charge in [-0.05, 0) is 24.4 Å². The molecule has 0 saturated carbocycles. The second kappa shape index (κ2) is 8.82. The lowest BCUT2D eigenvalue weighted by atomic mass is 10.4. The molecule has 0 spiro atoms. The largest absolute Gasteiger partial charge is 0.350 e. The second-order valence-electron chi connectivity index (χ2n) is 3.10. The Morgan fingerprint density at radius 3 is 2.75 bits per heavy atom. The van der Waals surface area contributed by atoms with Crippen LogP contribution < -0.4 is 10.6 Å². The van der Waals surface area contributed by atoms with E-state index in [1.807, 2.05) is 5.38 Å². The highest BCUT2D eigenvalue weighted by atomic mass is 35.5. The van der Waals surface area contributed by atoms with Crippen molar-refractivity contribution in [2.24, 2.45) is 0 Å². The molecule has 1 heterocycles. The van der Waals surface area contributed by atoms with Gasteiger partial charge in [0.2, 0.25) is 0 Å². The van der Waals surface area contributed by atoms with E-state index in [-0.39, 0.29) is 18.3 Å². The summed E-state index contributed by atoms with van der Waals surface area (Å²) in [4.78, 5) is 12.1. The molecule has 0 radical (unpaired) electrons. The van der Waals surface area contributed by atoms with Gasteiger partial charge in [0.1, 0.15) is 4.88 Å². The van der Waals surface area contributed by atoms with Gasteiger partial charge in [0.15, 0.2) is 0 Å². The predicted octanol–water partition coefficient (Wildman–Crippen LogP) is 2.55. The topological polar surface area (TPSA) is 41.1 Å². The van der Waals surface area contributed by atoms with Gasteiger partial charge in [-0.15, -0.1) is 23.7 Å². The van der Waals surface area contributed by atoms with Crippen molar-refractivity contribution in [2.75, 3.05) is 19.6 Å². The average molecular weight is 283 g/mol. The Bertz CT molecular complexity index is 318. The van der Waals surface area contributed by atoms with Gasteiger partial charge < -0.3 is 10.6 Å². The van der Waals surface area contributed by atoms with Crippen LogP contribution in [0.1, 0.15) is 23.0 Å². The number of rotatable bonds is 6. The van der Waals surface area contributed by atoms with E-state index in [0.29, 0.717) is 16.4 Å². The molecule has 0 fully saturated rings. The molecule has 0 aliphatic carbocycles. The Kier molecular flexibility index (Phi) is 8.66. The Hall–Kier alpha value is -0.290. The average Bonchev–Trinajstić information content (AvgIpc) is 2.64. The molecule has 0 atom stereocenters. The van der Waals surface area contributed by atoms with E-state index in [1.54, 1.807) is 6.07 Å². The van der Waals surface area contributed by atoms with Crippen LogP contribution in [-0.4, -0.2) is 25.5 Å². The van der Waals surface area contributed by atoms with E-state index in [1.165, 1.54) is 11.3 Å². The molecule has 16 heavy (non-hydrogen) atoms. The molecular weight excluding hydrogens is 267 g/mol. The zero-order chi connectivity index (χ0) is 11.1. The number of hydrogen-bond acceptors (Lipinski definition) is 3. The van der Waals surface area contributed by atoms with Crippen molar-refractivity contribution in [3.8, 4) is 0 Å². The summed E-state index contributed by atoms with van der Waals surface area (Å²) in [7, 11) is 0. The van der Waals surface area contributed by atoms with Crippen LogP contribution in [0.2, 0.25) is 5.02 Å². The Labute approximate surface area is 111 Å². The van der Waals surface area contributed by atoms with E-state index in [9.17, 15) is 4.79 Å². The van der Waals surface area contributed by atoms with E-state index < -0.39 is 0 Å². The summed E-state index contributed by atoms with van der Waals surface area (Å²) in [5, 5.41) is 8.35. The van der Waals surface area contributed by atoms with Crippen LogP contribution in [0.5, 0.6) is 0 Å². The quantitative estimate of drug-likeness (QED) is 0.788. The molecule has 1 rings (SSSR count). The van der Waals surface area contributed by atoms with Gasteiger partial charge in [-0.1, -0.05) is 18.5 Å². The van der Waals surface area contributed by atoms with E-state index >= 15 is 0 Å². The molecule has 0 aromatic carbocycles. The zero-order valence-corrected chi connectivity index (χ0v) is 11.5. The van der Waals surface area contributed by atoms with Gasteiger partial charge in [-0.2, -0.15) is 0 Å². The molecule has 0 saturated heterocycles. The maximum atomic E-state index is 11.5. The molecule has 1 amide bonds. The van der Waals surface area contributed by atoms with Crippen molar-refractivity contribution in [1.29, 1.82) is 0 Å². The summed E-state index contributed by atoms with van der Waals surface area (Å²) in [6.07, 6.45) is 1.10. The Morgan fingerprint density at radius 2 is 2.19 bits per heavy atom. The lowest BCUT2D eigenvalue weighted by Crippen LogP contribution is -2.31. The highest BCUT2D eigenvalue weighted by Crippen LogP contribution is 2.21. The van der Waals surface area contributed by atoms with Crippen molar-refractivity contribution >= 4 is 41.3 Å². The molecule has 0 unspecified atom stereocenters. The summed E-state index contributed by atoms with van der Waals surface area (Å²) in [5.41, 5.74) is 0. The first-order valence-electron chi connectivity index (χ1n) is 4.97. The minimum absolute atomic E-state index is 0. The number of amides is 1. The lowest BCUT2D eigenvalue weighted by Gasteiger charge is -2.04. The fraction of sp³-hybridized carbons (Fsp3) is 0.500. The van der Waals surface area contributed by atoms with Gasteiger partial charge in [-0.3, -0.25) is 4.79 Å². The molecule has 1 aromatic heterocycles. The van der Waals surface area contributed by atoms with Crippen molar-refractivity contribution < 1.29 is 4.79 Å². The molecule has 0 bridgehead atoms. The van der Waals surface area contributed by atoms with Crippen molar-refractivity contribution in [1.82, 2.24) is 10.6 Å². The van der Waals surface area contributed by atoms with Crippen molar-refractivity contribution in [3.05, 3.63) is 21.3 Å². The van der Waals surface area contributed by atoms with Crippen molar-refractivity contribution in [2.45, 2.75) is 13.3 Å². The minimum Gasteiger partial charge on any atom is -0.350 e. The third-order valence-corrected chi connectivity index (χ3v) is 3.18. The van der Waals surface area contributed by atoms with Crippen LogP contribution in [0.15, 0.2) is 11.4 Å². The smallest absolute Gasteiger partial charge is 0.262 e. The highest BCUT2D eigenvalue weighted by Gasteiger charge is 2.10. The van der Waals surface area contributed by atoms with Crippen LogP contribution in [0.25, 0.3) is 0 Å². The molecular formula is C10H16Cl2N2OS. The maximum Gasteiger partial charge on any atom is 0.262 e. The molecule has 0 aliphatic rings. The summed E-state index contributed by atoms with van der Waals surface area (Å²) in [6, 6.07) is 1.73. The lowest BCUT2D eigenvalue weighted by molar-refractivity contribution is 0.0958.